The van der Waals surface area contributed by atoms with Gasteiger partial charge in [-0.05, 0) is 25.2 Å². The fraction of sp³-hybridized carbons (Fsp3) is 1.00. The molecule has 0 fully saturated rings. The van der Waals surface area contributed by atoms with Crippen molar-refractivity contribution in [1.29, 1.82) is 0 Å². The zero-order chi connectivity index (χ0) is 11.0. The quantitative estimate of drug-likeness (QED) is 0.624. The Morgan fingerprint density at radius 1 is 1.00 bits per heavy atom. The zero-order valence-corrected chi connectivity index (χ0v) is 10.5. The molecule has 86 valence electrons. The molecular weight excluding hydrogens is 172 g/mol. The fourth-order valence-corrected chi connectivity index (χ4v) is 2.50. The maximum Gasteiger partial charge on any atom is 0.0650 e. The average molecular weight is 200 g/mol. The van der Waals surface area contributed by atoms with Crippen LogP contribution in [0.15, 0.2) is 0 Å². The summed E-state index contributed by atoms with van der Waals surface area (Å²) in [6.07, 6.45) is 7.59. The van der Waals surface area contributed by atoms with Crippen LogP contribution in [-0.4, -0.2) is 10.7 Å². The average Bonchev–Trinajstić information content (AvgIpc) is 2.04. The van der Waals surface area contributed by atoms with Gasteiger partial charge >= 0.3 is 0 Å². The van der Waals surface area contributed by atoms with E-state index in [1.165, 1.54) is 12.8 Å². The third kappa shape index (κ3) is 5.64. The maximum absolute atomic E-state index is 10.4. The Hall–Kier alpha value is -0.0400. The van der Waals surface area contributed by atoms with E-state index in [1.54, 1.807) is 0 Å². The van der Waals surface area contributed by atoms with Crippen LogP contribution in [0, 0.1) is 5.92 Å². The summed E-state index contributed by atoms with van der Waals surface area (Å²) in [4.78, 5) is 0. The third-order valence-corrected chi connectivity index (χ3v) is 2.94. The summed E-state index contributed by atoms with van der Waals surface area (Å²) >= 11 is 0. The van der Waals surface area contributed by atoms with E-state index in [-0.39, 0.29) is 5.60 Å². The summed E-state index contributed by atoms with van der Waals surface area (Å²) in [5, 5.41) is 10.4. The minimum Gasteiger partial charge on any atom is -0.390 e. The van der Waals surface area contributed by atoms with Crippen LogP contribution in [0.3, 0.4) is 0 Å². The van der Waals surface area contributed by atoms with Crippen molar-refractivity contribution in [3.63, 3.8) is 0 Å². The van der Waals surface area contributed by atoms with Crippen LogP contribution >= 0.6 is 0 Å². The van der Waals surface area contributed by atoms with Crippen molar-refractivity contribution < 1.29 is 5.11 Å². The monoisotopic (exact) mass is 200 g/mol. The van der Waals surface area contributed by atoms with E-state index >= 15 is 0 Å². The summed E-state index contributed by atoms with van der Waals surface area (Å²) in [5.41, 5.74) is -0.377. The Kier molecular flexibility index (Phi) is 7.26. The minimum atomic E-state index is -0.377. The molecule has 0 spiro atoms. The van der Waals surface area contributed by atoms with Crippen molar-refractivity contribution in [3.8, 4) is 0 Å². The standard InChI is InChI=1S/C13H28O/c1-5-8-12(4)11-13(14,9-6-2)10-7-3/h12,14H,5-11H2,1-4H3. The summed E-state index contributed by atoms with van der Waals surface area (Å²) in [5.74, 6) is 0.670. The van der Waals surface area contributed by atoms with Gasteiger partial charge in [0.2, 0.25) is 0 Å². The summed E-state index contributed by atoms with van der Waals surface area (Å²) in [6.45, 7) is 8.80. The number of hydrogen-bond donors (Lipinski definition) is 1. The van der Waals surface area contributed by atoms with Crippen LogP contribution in [0.5, 0.6) is 0 Å². The van der Waals surface area contributed by atoms with Crippen LogP contribution < -0.4 is 0 Å². The summed E-state index contributed by atoms with van der Waals surface area (Å²) < 4.78 is 0. The van der Waals surface area contributed by atoms with Gasteiger partial charge in [-0.25, -0.2) is 0 Å². The smallest absolute Gasteiger partial charge is 0.0650 e. The van der Waals surface area contributed by atoms with E-state index in [0.29, 0.717) is 5.92 Å². The van der Waals surface area contributed by atoms with Crippen LogP contribution in [0.2, 0.25) is 0 Å². The molecule has 0 bridgehead atoms. The molecule has 0 aliphatic heterocycles. The summed E-state index contributed by atoms with van der Waals surface area (Å²) in [6, 6.07) is 0. The molecule has 1 N–H and O–H groups in total. The molecule has 1 unspecified atom stereocenters. The molecule has 0 aromatic carbocycles. The van der Waals surface area contributed by atoms with Gasteiger partial charge in [0.25, 0.3) is 0 Å². The first kappa shape index (κ1) is 14.0. The first-order valence-electron chi connectivity index (χ1n) is 6.30. The molecule has 0 aliphatic rings. The highest BCUT2D eigenvalue weighted by atomic mass is 16.3. The van der Waals surface area contributed by atoms with E-state index in [4.69, 9.17) is 0 Å². The van der Waals surface area contributed by atoms with E-state index in [1.807, 2.05) is 0 Å². The molecule has 0 amide bonds. The van der Waals surface area contributed by atoms with Gasteiger partial charge in [-0.2, -0.15) is 0 Å². The Labute approximate surface area is 89.9 Å². The molecule has 0 aliphatic carbocycles. The second kappa shape index (κ2) is 7.28. The highest BCUT2D eigenvalue weighted by molar-refractivity contribution is 4.79. The van der Waals surface area contributed by atoms with Crippen LogP contribution in [0.25, 0.3) is 0 Å². The van der Waals surface area contributed by atoms with E-state index < -0.39 is 0 Å². The van der Waals surface area contributed by atoms with Crippen molar-refractivity contribution in [1.82, 2.24) is 0 Å². The van der Waals surface area contributed by atoms with Gasteiger partial charge in [0.1, 0.15) is 0 Å². The van der Waals surface area contributed by atoms with Gasteiger partial charge in [-0.15, -0.1) is 0 Å². The first-order valence-corrected chi connectivity index (χ1v) is 6.30. The molecule has 0 heterocycles. The Morgan fingerprint density at radius 3 is 1.86 bits per heavy atom. The van der Waals surface area contributed by atoms with E-state index in [9.17, 15) is 5.11 Å². The molecule has 0 saturated heterocycles. The predicted octanol–water partition coefficient (Wildman–Crippen LogP) is 4.14. The normalized spacial score (nSPS) is 14.4. The molecule has 1 nitrogen and oxygen atoms in total. The van der Waals surface area contributed by atoms with Crippen molar-refractivity contribution in [3.05, 3.63) is 0 Å². The second-order valence-electron chi connectivity index (χ2n) is 4.82. The van der Waals surface area contributed by atoms with Gasteiger partial charge < -0.3 is 5.11 Å². The number of rotatable bonds is 8. The van der Waals surface area contributed by atoms with Gasteiger partial charge in [0.05, 0.1) is 5.60 Å². The lowest BCUT2D eigenvalue weighted by Gasteiger charge is -2.30. The molecule has 0 rings (SSSR count). The van der Waals surface area contributed by atoms with E-state index in [0.717, 1.165) is 32.1 Å². The third-order valence-electron chi connectivity index (χ3n) is 2.94. The van der Waals surface area contributed by atoms with Crippen molar-refractivity contribution in [2.24, 2.45) is 5.92 Å². The van der Waals surface area contributed by atoms with Gasteiger partial charge in [0.15, 0.2) is 0 Å². The number of aliphatic hydroxyl groups is 1. The SMILES string of the molecule is CCCC(C)CC(O)(CCC)CCC. The van der Waals surface area contributed by atoms with Crippen molar-refractivity contribution in [2.45, 2.75) is 78.2 Å². The molecule has 1 heteroatoms. The molecule has 0 radical (unpaired) electrons. The summed E-state index contributed by atoms with van der Waals surface area (Å²) in [7, 11) is 0. The zero-order valence-electron chi connectivity index (χ0n) is 10.5. The molecule has 0 aromatic heterocycles. The molecule has 14 heavy (non-hydrogen) atoms. The molecule has 1 atom stereocenters. The van der Waals surface area contributed by atoms with Gasteiger partial charge in [0, 0.05) is 0 Å². The highest BCUT2D eigenvalue weighted by Gasteiger charge is 2.26. The number of hydrogen-bond acceptors (Lipinski definition) is 1. The van der Waals surface area contributed by atoms with Crippen LogP contribution in [-0.2, 0) is 0 Å². The highest BCUT2D eigenvalue weighted by Crippen LogP contribution is 2.29. The lowest BCUT2D eigenvalue weighted by molar-refractivity contribution is -0.00106. The Balaban J connectivity index is 4.05. The lowest BCUT2D eigenvalue weighted by atomic mass is 9.83. The molecular formula is C13H28O. The topological polar surface area (TPSA) is 20.2 Å². The van der Waals surface area contributed by atoms with Crippen molar-refractivity contribution >= 4 is 0 Å². The lowest BCUT2D eigenvalue weighted by Crippen LogP contribution is -2.30. The minimum absolute atomic E-state index is 0.377. The Bertz CT molecular complexity index is 125. The van der Waals surface area contributed by atoms with Gasteiger partial charge in [-0.1, -0.05) is 53.4 Å². The van der Waals surface area contributed by atoms with E-state index in [2.05, 4.69) is 27.7 Å². The van der Waals surface area contributed by atoms with Crippen molar-refractivity contribution in [2.75, 3.05) is 0 Å². The Morgan fingerprint density at radius 2 is 1.50 bits per heavy atom. The molecule has 0 aromatic rings. The first-order chi connectivity index (χ1) is 6.58. The molecule has 0 saturated carbocycles. The second-order valence-corrected chi connectivity index (χ2v) is 4.82. The van der Waals surface area contributed by atoms with Crippen LogP contribution in [0.1, 0.15) is 72.6 Å². The fourth-order valence-electron chi connectivity index (χ4n) is 2.50. The largest absolute Gasteiger partial charge is 0.390 e. The maximum atomic E-state index is 10.4. The predicted molar refractivity (Wildman–Crippen MR) is 63.5 cm³/mol. The van der Waals surface area contributed by atoms with Gasteiger partial charge in [-0.3, -0.25) is 0 Å². The van der Waals surface area contributed by atoms with Crippen LogP contribution in [0.4, 0.5) is 0 Å².